The molecule has 0 radical (unpaired) electrons. The minimum absolute atomic E-state index is 0.186. The van der Waals surface area contributed by atoms with Crippen LogP contribution >= 0.6 is 0 Å². The van der Waals surface area contributed by atoms with Gasteiger partial charge in [-0.15, -0.1) is 0 Å². The lowest BCUT2D eigenvalue weighted by Crippen LogP contribution is -2.55. The Balaban J connectivity index is 2.11. The Morgan fingerprint density at radius 2 is 2.00 bits per heavy atom. The number of aryl methyl sites for hydroxylation is 1. The zero-order chi connectivity index (χ0) is 15.3. The summed E-state index contributed by atoms with van der Waals surface area (Å²) in [4.78, 5) is 7.24. The summed E-state index contributed by atoms with van der Waals surface area (Å²) in [5.74, 6) is 0.903. The molecule has 0 aromatic carbocycles. The van der Waals surface area contributed by atoms with Gasteiger partial charge in [0.2, 0.25) is 0 Å². The first-order valence-electron chi connectivity index (χ1n) is 8.51. The summed E-state index contributed by atoms with van der Waals surface area (Å²) in [5, 5.41) is 0. The summed E-state index contributed by atoms with van der Waals surface area (Å²) in [6.07, 6.45) is 6.44. The maximum Gasteiger partial charge on any atom is 0.0547 e. The Labute approximate surface area is 129 Å². The molecule has 0 unspecified atom stereocenters. The topological polar surface area (TPSA) is 42.1 Å². The van der Waals surface area contributed by atoms with E-state index in [1.807, 2.05) is 0 Å². The summed E-state index contributed by atoms with van der Waals surface area (Å²) < 4.78 is 0. The predicted octanol–water partition coefficient (Wildman–Crippen LogP) is 3.51. The first-order valence-corrected chi connectivity index (χ1v) is 8.51. The molecule has 21 heavy (non-hydrogen) atoms. The Bertz CT molecular complexity index is 436. The van der Waals surface area contributed by atoms with Gasteiger partial charge in [-0.3, -0.25) is 9.88 Å². The lowest BCUT2D eigenvalue weighted by atomic mass is 9.74. The second-order valence-electron chi connectivity index (χ2n) is 6.56. The van der Waals surface area contributed by atoms with Gasteiger partial charge in [0.15, 0.2) is 0 Å². The molecular formula is C18H31N3. The highest BCUT2D eigenvalue weighted by molar-refractivity contribution is 5.11. The molecule has 118 valence electrons. The van der Waals surface area contributed by atoms with Crippen molar-refractivity contribution in [1.82, 2.24) is 9.88 Å². The van der Waals surface area contributed by atoms with Crippen LogP contribution in [0.5, 0.6) is 0 Å². The van der Waals surface area contributed by atoms with E-state index in [2.05, 4.69) is 48.9 Å². The summed E-state index contributed by atoms with van der Waals surface area (Å²) in [6.45, 7) is 9.36. The smallest absolute Gasteiger partial charge is 0.0547 e. The quantitative estimate of drug-likeness (QED) is 0.871. The van der Waals surface area contributed by atoms with Crippen LogP contribution < -0.4 is 5.73 Å². The van der Waals surface area contributed by atoms with Crippen molar-refractivity contribution in [3.05, 3.63) is 29.6 Å². The normalized spacial score (nSPS) is 26.2. The molecule has 1 fully saturated rings. The van der Waals surface area contributed by atoms with Crippen LogP contribution in [0.15, 0.2) is 18.2 Å². The van der Waals surface area contributed by atoms with Crippen molar-refractivity contribution in [2.24, 2.45) is 11.7 Å². The first-order chi connectivity index (χ1) is 10.1. The van der Waals surface area contributed by atoms with Gasteiger partial charge in [0, 0.05) is 24.3 Å². The van der Waals surface area contributed by atoms with Crippen LogP contribution in [-0.4, -0.2) is 28.5 Å². The number of nitrogens with two attached hydrogens (primary N) is 1. The highest BCUT2D eigenvalue weighted by Crippen LogP contribution is 2.37. The van der Waals surface area contributed by atoms with Gasteiger partial charge in [-0.05, 0) is 57.2 Å². The molecule has 1 aliphatic carbocycles. The monoisotopic (exact) mass is 289 g/mol. The molecule has 2 N–H and O–H groups in total. The van der Waals surface area contributed by atoms with Gasteiger partial charge in [0.25, 0.3) is 0 Å². The molecule has 0 amide bonds. The van der Waals surface area contributed by atoms with Crippen LogP contribution in [0.2, 0.25) is 0 Å². The second-order valence-corrected chi connectivity index (χ2v) is 6.56. The van der Waals surface area contributed by atoms with Gasteiger partial charge in [-0.25, -0.2) is 0 Å². The Morgan fingerprint density at radius 3 is 2.52 bits per heavy atom. The molecule has 1 aromatic heterocycles. The molecule has 0 aliphatic heterocycles. The number of aromatic nitrogens is 1. The van der Waals surface area contributed by atoms with E-state index in [1.54, 1.807) is 0 Å². The minimum Gasteiger partial charge on any atom is -0.329 e. The van der Waals surface area contributed by atoms with E-state index in [1.165, 1.54) is 37.8 Å². The molecule has 1 saturated carbocycles. The third-order valence-electron chi connectivity index (χ3n) is 5.34. The number of rotatable bonds is 6. The number of nitrogens with zero attached hydrogens (tertiary/aromatic N) is 2. The Hall–Kier alpha value is -0.930. The molecule has 0 bridgehead atoms. The molecular weight excluding hydrogens is 258 g/mol. The minimum atomic E-state index is 0.186. The van der Waals surface area contributed by atoms with Gasteiger partial charge in [-0.1, -0.05) is 26.3 Å². The van der Waals surface area contributed by atoms with Crippen molar-refractivity contribution in [2.45, 2.75) is 65.0 Å². The molecule has 2 rings (SSSR count). The molecule has 3 nitrogen and oxygen atoms in total. The lowest BCUT2D eigenvalue weighted by molar-refractivity contribution is 0.0383. The van der Waals surface area contributed by atoms with E-state index < -0.39 is 0 Å². The van der Waals surface area contributed by atoms with Gasteiger partial charge in [0.05, 0.1) is 5.69 Å². The van der Waals surface area contributed by atoms with E-state index in [9.17, 15) is 0 Å². The highest BCUT2D eigenvalue weighted by atomic mass is 15.2. The van der Waals surface area contributed by atoms with Crippen molar-refractivity contribution >= 4 is 0 Å². The molecule has 0 spiro atoms. The van der Waals surface area contributed by atoms with Crippen LogP contribution in [0.1, 0.15) is 57.3 Å². The van der Waals surface area contributed by atoms with E-state index >= 15 is 0 Å². The predicted molar refractivity (Wildman–Crippen MR) is 89.1 cm³/mol. The SMILES string of the molecule is CCC1CCC(CN)(N(CC)Cc2cccc(C)n2)CC1. The van der Waals surface area contributed by atoms with Crippen molar-refractivity contribution in [3.63, 3.8) is 0 Å². The number of pyridine rings is 1. The summed E-state index contributed by atoms with van der Waals surface area (Å²) >= 11 is 0. The molecule has 0 saturated heterocycles. The van der Waals surface area contributed by atoms with Crippen molar-refractivity contribution < 1.29 is 0 Å². The van der Waals surface area contributed by atoms with Gasteiger partial charge < -0.3 is 5.73 Å². The summed E-state index contributed by atoms with van der Waals surface area (Å²) in [6, 6.07) is 6.30. The lowest BCUT2D eigenvalue weighted by Gasteiger charge is -2.47. The van der Waals surface area contributed by atoms with Crippen molar-refractivity contribution in [2.75, 3.05) is 13.1 Å². The fourth-order valence-corrected chi connectivity index (χ4v) is 3.77. The van der Waals surface area contributed by atoms with Crippen LogP contribution in [0.25, 0.3) is 0 Å². The van der Waals surface area contributed by atoms with E-state index in [0.717, 1.165) is 31.2 Å². The largest absolute Gasteiger partial charge is 0.329 e. The van der Waals surface area contributed by atoms with Gasteiger partial charge in [-0.2, -0.15) is 0 Å². The molecule has 1 aromatic rings. The van der Waals surface area contributed by atoms with Crippen molar-refractivity contribution in [1.29, 1.82) is 0 Å². The summed E-state index contributed by atoms with van der Waals surface area (Å²) in [7, 11) is 0. The van der Waals surface area contributed by atoms with Gasteiger partial charge >= 0.3 is 0 Å². The maximum absolute atomic E-state index is 6.22. The average molecular weight is 289 g/mol. The molecule has 3 heteroatoms. The first kappa shape index (κ1) is 16.4. The standard InChI is InChI=1S/C18H31N3/c1-4-16-9-11-18(14-19,12-10-16)21(5-2)13-17-8-6-7-15(3)20-17/h6-8,16H,4-5,9-14,19H2,1-3H3. The van der Waals surface area contributed by atoms with E-state index in [0.29, 0.717) is 0 Å². The third kappa shape index (κ3) is 3.83. The number of hydrogen-bond acceptors (Lipinski definition) is 3. The van der Waals surface area contributed by atoms with E-state index in [4.69, 9.17) is 5.73 Å². The third-order valence-corrected chi connectivity index (χ3v) is 5.34. The van der Waals surface area contributed by atoms with E-state index in [-0.39, 0.29) is 5.54 Å². The van der Waals surface area contributed by atoms with Crippen molar-refractivity contribution in [3.8, 4) is 0 Å². The van der Waals surface area contributed by atoms with Crippen LogP contribution in [-0.2, 0) is 6.54 Å². The Kier molecular flexibility index (Phi) is 5.77. The Morgan fingerprint density at radius 1 is 1.29 bits per heavy atom. The van der Waals surface area contributed by atoms with Crippen LogP contribution in [0.4, 0.5) is 0 Å². The number of likely N-dealkylation sites (N-methyl/N-ethyl adjacent to an activating group) is 1. The fourth-order valence-electron chi connectivity index (χ4n) is 3.77. The van der Waals surface area contributed by atoms with Crippen LogP contribution in [0, 0.1) is 12.8 Å². The molecule has 1 heterocycles. The molecule has 1 aliphatic rings. The molecule has 0 atom stereocenters. The highest BCUT2D eigenvalue weighted by Gasteiger charge is 2.38. The number of hydrogen-bond donors (Lipinski definition) is 1. The second kappa shape index (κ2) is 7.37. The maximum atomic E-state index is 6.22. The zero-order valence-corrected chi connectivity index (χ0v) is 13.9. The average Bonchev–Trinajstić information content (AvgIpc) is 2.53. The summed E-state index contributed by atoms with van der Waals surface area (Å²) in [5.41, 5.74) is 8.68. The zero-order valence-electron chi connectivity index (χ0n) is 13.9. The van der Waals surface area contributed by atoms with Gasteiger partial charge in [0.1, 0.15) is 0 Å². The fraction of sp³-hybridized carbons (Fsp3) is 0.722. The van der Waals surface area contributed by atoms with Crippen LogP contribution in [0.3, 0.4) is 0 Å².